The topological polar surface area (TPSA) is 9.23 Å². The summed E-state index contributed by atoms with van der Waals surface area (Å²) in [5, 5.41) is 0. The van der Waals surface area contributed by atoms with E-state index in [9.17, 15) is 0 Å². The zero-order valence-corrected chi connectivity index (χ0v) is 10.8. The van der Waals surface area contributed by atoms with Gasteiger partial charge in [0.05, 0.1) is 2.83 Å². The molecule has 0 saturated heterocycles. The summed E-state index contributed by atoms with van der Waals surface area (Å²) in [7, 11) is 0. The van der Waals surface area contributed by atoms with Crippen molar-refractivity contribution in [3.05, 3.63) is 29.8 Å². The fourth-order valence-electron chi connectivity index (χ4n) is 0.865. The van der Waals surface area contributed by atoms with Crippen molar-refractivity contribution in [3.63, 3.8) is 0 Å². The average molecular weight is 358 g/mol. The smallest absolute Gasteiger partial charge is 0.140 e. The van der Waals surface area contributed by atoms with Gasteiger partial charge < -0.3 is 4.18 Å². The SMILES string of the molecule is SOc1cc[c]cc1CC(Br)I. The van der Waals surface area contributed by atoms with Gasteiger partial charge in [-0.3, -0.25) is 0 Å². The quantitative estimate of drug-likeness (QED) is 0.377. The van der Waals surface area contributed by atoms with Gasteiger partial charge in [-0.2, -0.15) is 0 Å². The highest BCUT2D eigenvalue weighted by molar-refractivity contribution is 14.1. The van der Waals surface area contributed by atoms with E-state index in [4.69, 9.17) is 4.18 Å². The molecule has 1 nitrogen and oxygen atoms in total. The molecule has 0 saturated carbocycles. The second-order valence-electron chi connectivity index (χ2n) is 2.22. The summed E-state index contributed by atoms with van der Waals surface area (Å²) in [4.78, 5) is 0. The molecule has 1 atom stereocenters. The van der Waals surface area contributed by atoms with Gasteiger partial charge in [-0.05, 0) is 30.2 Å². The Hall–Kier alpha value is 0.580. The second kappa shape index (κ2) is 5.34. The standard InChI is InChI=1S/C8H7BrIOS/c9-8(10)5-6-3-1-2-4-7(6)11-12/h2-4,8,12H,5H2. The van der Waals surface area contributed by atoms with E-state index in [2.05, 4.69) is 57.5 Å². The zero-order chi connectivity index (χ0) is 8.97. The highest BCUT2D eigenvalue weighted by Crippen LogP contribution is 2.24. The molecule has 0 aliphatic heterocycles. The third kappa shape index (κ3) is 3.14. The van der Waals surface area contributed by atoms with Gasteiger partial charge in [-0.1, -0.05) is 44.6 Å². The molecule has 0 heterocycles. The van der Waals surface area contributed by atoms with E-state index in [1.54, 1.807) is 0 Å². The summed E-state index contributed by atoms with van der Waals surface area (Å²) in [5.74, 6) is 0.804. The first kappa shape index (κ1) is 10.7. The first-order valence-electron chi connectivity index (χ1n) is 3.32. The van der Waals surface area contributed by atoms with Gasteiger partial charge in [-0.25, -0.2) is 0 Å². The molecule has 12 heavy (non-hydrogen) atoms. The third-order valence-corrected chi connectivity index (χ3v) is 2.34. The maximum atomic E-state index is 4.90. The highest BCUT2D eigenvalue weighted by atomic mass is 127. The van der Waals surface area contributed by atoms with Gasteiger partial charge in [-0.15, -0.1) is 0 Å². The van der Waals surface area contributed by atoms with Crippen molar-refractivity contribution in [3.8, 4) is 5.75 Å². The van der Waals surface area contributed by atoms with E-state index >= 15 is 0 Å². The lowest BCUT2D eigenvalue weighted by Crippen LogP contribution is -1.94. The summed E-state index contributed by atoms with van der Waals surface area (Å²) in [6.07, 6.45) is 0.911. The van der Waals surface area contributed by atoms with E-state index < -0.39 is 0 Å². The summed E-state index contributed by atoms with van der Waals surface area (Å²) in [6.45, 7) is 0. The number of hydrogen-bond donors (Lipinski definition) is 1. The molecule has 0 N–H and O–H groups in total. The van der Waals surface area contributed by atoms with Crippen LogP contribution < -0.4 is 4.18 Å². The Morgan fingerprint density at radius 3 is 3.08 bits per heavy atom. The number of thiol groups is 1. The van der Waals surface area contributed by atoms with Crippen LogP contribution in [0.4, 0.5) is 0 Å². The number of halogens is 2. The number of rotatable bonds is 3. The van der Waals surface area contributed by atoms with Crippen LogP contribution in [0.3, 0.4) is 0 Å². The Labute approximate surface area is 99.8 Å². The predicted molar refractivity (Wildman–Crippen MR) is 65.3 cm³/mol. The third-order valence-electron chi connectivity index (χ3n) is 1.38. The van der Waals surface area contributed by atoms with Crippen LogP contribution in [0.25, 0.3) is 0 Å². The molecule has 1 aromatic rings. The van der Waals surface area contributed by atoms with Gasteiger partial charge >= 0.3 is 0 Å². The van der Waals surface area contributed by atoms with E-state index in [-0.39, 0.29) is 0 Å². The zero-order valence-electron chi connectivity index (χ0n) is 6.13. The Morgan fingerprint density at radius 1 is 1.75 bits per heavy atom. The van der Waals surface area contributed by atoms with Crippen LogP contribution in [-0.2, 0) is 6.42 Å². The summed E-state index contributed by atoms with van der Waals surface area (Å²) in [6, 6.07) is 8.58. The van der Waals surface area contributed by atoms with E-state index in [1.165, 1.54) is 0 Å². The fourth-order valence-corrected chi connectivity index (χ4v) is 1.87. The molecule has 0 aliphatic rings. The second-order valence-corrected chi connectivity index (χ2v) is 6.72. The molecular weight excluding hydrogens is 351 g/mol. The average Bonchev–Trinajstić information content (AvgIpc) is 2.04. The first-order chi connectivity index (χ1) is 5.74. The van der Waals surface area contributed by atoms with Crippen molar-refractivity contribution in [1.82, 2.24) is 0 Å². The van der Waals surface area contributed by atoms with Crippen molar-refractivity contribution >= 4 is 51.4 Å². The number of alkyl halides is 2. The van der Waals surface area contributed by atoms with Gasteiger partial charge in [0.1, 0.15) is 5.75 Å². The predicted octanol–water partition coefficient (Wildman–Crippen LogP) is 3.41. The fraction of sp³-hybridized carbons (Fsp3) is 0.250. The first-order valence-corrected chi connectivity index (χ1v) is 5.85. The summed E-state index contributed by atoms with van der Waals surface area (Å²) in [5.41, 5.74) is 1.11. The maximum Gasteiger partial charge on any atom is 0.140 e. The molecule has 0 amide bonds. The van der Waals surface area contributed by atoms with Crippen molar-refractivity contribution in [2.75, 3.05) is 0 Å². The molecule has 0 aromatic heterocycles. The minimum atomic E-state index is 0.410. The van der Waals surface area contributed by atoms with E-state index in [1.807, 2.05) is 18.2 Å². The molecule has 1 unspecified atom stereocenters. The minimum absolute atomic E-state index is 0.410. The Kier molecular flexibility index (Phi) is 4.74. The molecule has 65 valence electrons. The Morgan fingerprint density at radius 2 is 2.50 bits per heavy atom. The van der Waals surface area contributed by atoms with Crippen LogP contribution in [0, 0.1) is 6.07 Å². The normalized spacial score (nSPS) is 12.6. The molecule has 1 radical (unpaired) electrons. The van der Waals surface area contributed by atoms with Gasteiger partial charge in [0, 0.05) is 12.9 Å². The van der Waals surface area contributed by atoms with Crippen LogP contribution in [-0.4, -0.2) is 2.83 Å². The summed E-state index contributed by atoms with van der Waals surface area (Å²) >= 11 is 9.54. The monoisotopic (exact) mass is 357 g/mol. The molecule has 0 bridgehead atoms. The minimum Gasteiger partial charge on any atom is -0.429 e. The highest BCUT2D eigenvalue weighted by Gasteiger charge is 2.05. The van der Waals surface area contributed by atoms with Gasteiger partial charge in [0.2, 0.25) is 0 Å². The van der Waals surface area contributed by atoms with Crippen LogP contribution in [0.2, 0.25) is 0 Å². The van der Waals surface area contributed by atoms with Crippen LogP contribution in [0.15, 0.2) is 18.2 Å². The molecule has 0 aliphatic carbocycles. The molecule has 1 aromatic carbocycles. The lowest BCUT2D eigenvalue weighted by atomic mass is 10.1. The lowest BCUT2D eigenvalue weighted by molar-refractivity contribution is 0.647. The maximum absolute atomic E-state index is 4.90. The molecule has 0 spiro atoms. The summed E-state index contributed by atoms with van der Waals surface area (Å²) < 4.78 is 5.31. The van der Waals surface area contributed by atoms with Gasteiger partial charge in [0.15, 0.2) is 0 Å². The van der Waals surface area contributed by atoms with Crippen LogP contribution >= 0.6 is 51.4 Å². The van der Waals surface area contributed by atoms with Crippen molar-refractivity contribution < 1.29 is 4.18 Å². The number of benzene rings is 1. The molecular formula is C8H7BrIOS. The van der Waals surface area contributed by atoms with E-state index in [0.717, 1.165) is 17.7 Å². The lowest BCUT2D eigenvalue weighted by Gasteiger charge is -2.06. The Balaban J connectivity index is 2.82. The Bertz CT molecular complexity index is 255. The van der Waals surface area contributed by atoms with E-state index in [0.29, 0.717) is 2.83 Å². The largest absolute Gasteiger partial charge is 0.429 e. The van der Waals surface area contributed by atoms with Crippen molar-refractivity contribution in [2.24, 2.45) is 0 Å². The molecule has 0 fully saturated rings. The van der Waals surface area contributed by atoms with Crippen molar-refractivity contribution in [2.45, 2.75) is 9.25 Å². The molecule has 1 rings (SSSR count). The molecule has 4 heteroatoms. The van der Waals surface area contributed by atoms with Gasteiger partial charge in [0.25, 0.3) is 0 Å². The van der Waals surface area contributed by atoms with Crippen molar-refractivity contribution in [1.29, 1.82) is 0 Å². The van der Waals surface area contributed by atoms with Crippen LogP contribution in [0.5, 0.6) is 5.75 Å². The van der Waals surface area contributed by atoms with Crippen LogP contribution in [0.1, 0.15) is 5.56 Å². The number of hydrogen-bond acceptors (Lipinski definition) is 2.